The Morgan fingerprint density at radius 2 is 1.87 bits per heavy atom. The number of carbonyl (C=O) groups excluding carboxylic acids is 1. The predicted octanol–water partition coefficient (Wildman–Crippen LogP) is 4.11. The molecule has 0 unspecified atom stereocenters. The van der Waals surface area contributed by atoms with Gasteiger partial charge in [-0.3, -0.25) is 0 Å². The molecule has 2 saturated heterocycles. The first kappa shape index (κ1) is 21.1. The van der Waals surface area contributed by atoms with Gasteiger partial charge < -0.3 is 24.6 Å². The molecule has 0 bridgehead atoms. The summed E-state index contributed by atoms with van der Waals surface area (Å²) >= 11 is 0. The van der Waals surface area contributed by atoms with Crippen LogP contribution < -0.4 is 10.1 Å². The van der Waals surface area contributed by atoms with E-state index in [9.17, 15) is 4.79 Å². The fourth-order valence-electron chi connectivity index (χ4n) is 5.50. The number of fused-ring (bicyclic) bond motifs is 1. The van der Waals surface area contributed by atoms with Gasteiger partial charge in [-0.2, -0.15) is 0 Å². The molecule has 1 aromatic carbocycles. The van der Waals surface area contributed by atoms with Crippen LogP contribution in [0, 0.1) is 0 Å². The molecular formula is C25H37N3O3. The number of nitrogens with zero attached hydrogens (tertiary/aromatic N) is 2. The lowest BCUT2D eigenvalue weighted by atomic mass is 9.85. The third-order valence-corrected chi connectivity index (χ3v) is 7.19. The van der Waals surface area contributed by atoms with Crippen LogP contribution in [0.15, 0.2) is 24.3 Å². The Hall–Kier alpha value is -1.79. The molecule has 3 fully saturated rings. The van der Waals surface area contributed by atoms with Crippen LogP contribution >= 0.6 is 0 Å². The second-order valence-corrected chi connectivity index (χ2v) is 10.9. The lowest BCUT2D eigenvalue weighted by Gasteiger charge is -2.42. The Labute approximate surface area is 186 Å². The number of hydrogen-bond acceptors (Lipinski definition) is 5. The van der Waals surface area contributed by atoms with Crippen LogP contribution in [0.3, 0.4) is 0 Å². The Bertz CT molecular complexity index is 810. The molecule has 2 atom stereocenters. The molecule has 5 rings (SSSR count). The van der Waals surface area contributed by atoms with E-state index in [0.29, 0.717) is 19.1 Å². The van der Waals surface area contributed by atoms with Gasteiger partial charge in [-0.15, -0.1) is 0 Å². The number of carbonyl (C=O) groups is 1. The number of piperidine rings is 1. The minimum Gasteiger partial charge on any atom is -0.485 e. The summed E-state index contributed by atoms with van der Waals surface area (Å²) in [7, 11) is 0. The number of hydrogen-bond donors (Lipinski definition) is 1. The van der Waals surface area contributed by atoms with Gasteiger partial charge in [-0.1, -0.05) is 18.2 Å². The molecule has 3 aliphatic heterocycles. The first-order valence-corrected chi connectivity index (χ1v) is 12.1. The van der Waals surface area contributed by atoms with E-state index < -0.39 is 5.60 Å². The van der Waals surface area contributed by atoms with Crippen LogP contribution in [0.25, 0.3) is 0 Å². The number of para-hydroxylation sites is 1. The Morgan fingerprint density at radius 1 is 1.13 bits per heavy atom. The van der Waals surface area contributed by atoms with Crippen LogP contribution in [0.2, 0.25) is 0 Å². The van der Waals surface area contributed by atoms with Crippen molar-refractivity contribution in [3.8, 4) is 5.75 Å². The minimum absolute atomic E-state index is 0.233. The maximum atomic E-state index is 12.6. The predicted molar refractivity (Wildman–Crippen MR) is 120 cm³/mol. The highest BCUT2D eigenvalue weighted by Gasteiger charge is 2.48. The largest absolute Gasteiger partial charge is 0.485 e. The average Bonchev–Trinajstić information content (AvgIpc) is 3.49. The summed E-state index contributed by atoms with van der Waals surface area (Å²) in [6.07, 6.45) is 6.72. The monoisotopic (exact) mass is 427 g/mol. The summed E-state index contributed by atoms with van der Waals surface area (Å²) in [5, 5.41) is 3.99. The average molecular weight is 428 g/mol. The Balaban J connectivity index is 1.27. The normalized spacial score (nSPS) is 29.6. The number of rotatable bonds is 3. The topological polar surface area (TPSA) is 54.0 Å². The van der Waals surface area contributed by atoms with Crippen molar-refractivity contribution in [3.63, 3.8) is 0 Å². The second kappa shape index (κ2) is 7.96. The fraction of sp³-hybridized carbons (Fsp3) is 0.720. The van der Waals surface area contributed by atoms with Crippen molar-refractivity contribution in [2.24, 2.45) is 0 Å². The summed E-state index contributed by atoms with van der Waals surface area (Å²) in [5.41, 5.74) is 0.442. The van der Waals surface area contributed by atoms with Crippen LogP contribution in [-0.2, 0) is 4.74 Å². The number of nitrogens with one attached hydrogen (secondary N) is 1. The van der Waals surface area contributed by atoms with E-state index >= 15 is 0 Å². The van der Waals surface area contributed by atoms with Crippen LogP contribution in [0.1, 0.15) is 70.9 Å². The van der Waals surface area contributed by atoms with E-state index in [0.717, 1.165) is 24.6 Å². The van der Waals surface area contributed by atoms with Gasteiger partial charge in [0.1, 0.15) is 17.0 Å². The van der Waals surface area contributed by atoms with Crippen molar-refractivity contribution in [1.82, 2.24) is 15.1 Å². The zero-order chi connectivity index (χ0) is 21.6. The molecule has 170 valence electrons. The van der Waals surface area contributed by atoms with Crippen molar-refractivity contribution < 1.29 is 14.3 Å². The molecule has 6 nitrogen and oxygen atoms in total. The molecule has 1 aliphatic carbocycles. The standard InChI is InChI=1S/C25H37N3O3/c1-24(2,3)31-23(29)28-15-12-25(17-28)16-21(20-6-4-5-7-22(20)30-25)26-18-10-13-27(14-11-18)19-8-9-19/h4-7,18-19,21,26H,8-17H2,1-3H3/t21-,25+/m1/s1. The van der Waals surface area contributed by atoms with Crippen LogP contribution in [0.5, 0.6) is 5.75 Å². The molecule has 31 heavy (non-hydrogen) atoms. The number of ether oxygens (including phenoxy) is 2. The highest BCUT2D eigenvalue weighted by molar-refractivity contribution is 5.68. The Morgan fingerprint density at radius 3 is 2.58 bits per heavy atom. The highest BCUT2D eigenvalue weighted by atomic mass is 16.6. The van der Waals surface area contributed by atoms with Crippen molar-refractivity contribution >= 4 is 6.09 Å². The van der Waals surface area contributed by atoms with Gasteiger partial charge in [0.2, 0.25) is 0 Å². The smallest absolute Gasteiger partial charge is 0.410 e. The number of benzene rings is 1. The molecule has 6 heteroatoms. The van der Waals surface area contributed by atoms with E-state index in [-0.39, 0.29) is 17.7 Å². The van der Waals surface area contributed by atoms with E-state index in [1.54, 1.807) is 0 Å². The molecule has 0 radical (unpaired) electrons. The zero-order valence-electron chi connectivity index (χ0n) is 19.2. The second-order valence-electron chi connectivity index (χ2n) is 10.9. The summed E-state index contributed by atoms with van der Waals surface area (Å²) in [5.74, 6) is 0.965. The third-order valence-electron chi connectivity index (χ3n) is 7.19. The minimum atomic E-state index is -0.480. The maximum Gasteiger partial charge on any atom is 0.410 e. The molecular weight excluding hydrogens is 390 g/mol. The van der Waals surface area contributed by atoms with E-state index in [2.05, 4.69) is 28.4 Å². The van der Waals surface area contributed by atoms with Crippen molar-refractivity contribution in [2.45, 2.75) is 88.6 Å². The van der Waals surface area contributed by atoms with Crippen molar-refractivity contribution in [3.05, 3.63) is 29.8 Å². The first-order chi connectivity index (χ1) is 14.8. The van der Waals surface area contributed by atoms with Gasteiger partial charge in [0.25, 0.3) is 0 Å². The molecule has 1 N–H and O–H groups in total. The molecule has 1 spiro atoms. The summed E-state index contributed by atoms with van der Waals surface area (Å²) in [4.78, 5) is 17.1. The van der Waals surface area contributed by atoms with Crippen LogP contribution in [-0.4, -0.2) is 65.4 Å². The molecule has 1 aromatic rings. The van der Waals surface area contributed by atoms with Gasteiger partial charge in [0, 0.05) is 43.1 Å². The molecule has 3 heterocycles. The van der Waals surface area contributed by atoms with Gasteiger partial charge in [0.15, 0.2) is 0 Å². The van der Waals surface area contributed by atoms with Gasteiger partial charge in [-0.25, -0.2) is 4.79 Å². The lowest BCUT2D eigenvalue weighted by Crippen LogP contribution is -2.50. The summed E-state index contributed by atoms with van der Waals surface area (Å²) < 4.78 is 12.2. The lowest BCUT2D eigenvalue weighted by molar-refractivity contribution is 0.0115. The van der Waals surface area contributed by atoms with E-state index in [1.165, 1.54) is 44.3 Å². The van der Waals surface area contributed by atoms with Gasteiger partial charge >= 0.3 is 6.09 Å². The van der Waals surface area contributed by atoms with Gasteiger partial charge in [-0.05, 0) is 65.6 Å². The van der Waals surface area contributed by atoms with E-state index in [4.69, 9.17) is 9.47 Å². The summed E-state index contributed by atoms with van der Waals surface area (Å²) in [6.45, 7) is 9.45. The number of likely N-dealkylation sites (tertiary alicyclic amines) is 2. The molecule has 1 amide bonds. The fourth-order valence-corrected chi connectivity index (χ4v) is 5.50. The van der Waals surface area contributed by atoms with Crippen molar-refractivity contribution in [2.75, 3.05) is 26.2 Å². The quantitative estimate of drug-likeness (QED) is 0.787. The first-order valence-electron chi connectivity index (χ1n) is 12.1. The third kappa shape index (κ3) is 4.70. The Kier molecular flexibility index (Phi) is 5.41. The van der Waals surface area contributed by atoms with Crippen molar-refractivity contribution in [1.29, 1.82) is 0 Å². The van der Waals surface area contributed by atoms with Gasteiger partial charge in [0.05, 0.1) is 6.54 Å². The maximum absolute atomic E-state index is 12.6. The SMILES string of the molecule is CC(C)(C)OC(=O)N1CC[C@]2(C[C@@H](NC3CCN(C4CC4)CC3)c3ccccc3O2)C1. The van der Waals surface area contributed by atoms with Crippen LogP contribution in [0.4, 0.5) is 4.79 Å². The molecule has 4 aliphatic rings. The molecule has 1 saturated carbocycles. The molecule has 0 aromatic heterocycles. The zero-order valence-corrected chi connectivity index (χ0v) is 19.2. The highest BCUT2D eigenvalue weighted by Crippen LogP contribution is 2.44. The summed E-state index contributed by atoms with van der Waals surface area (Å²) in [6, 6.07) is 10.1. The number of amides is 1. The van der Waals surface area contributed by atoms with E-state index in [1.807, 2.05) is 31.7 Å².